The van der Waals surface area contributed by atoms with Crippen molar-refractivity contribution in [1.82, 2.24) is 4.31 Å². The molecule has 0 spiro atoms. The number of benzene rings is 1. The Kier molecular flexibility index (Phi) is 3.40. The molecule has 0 amide bonds. The van der Waals surface area contributed by atoms with Crippen LogP contribution in [0.5, 0.6) is 5.75 Å². The van der Waals surface area contributed by atoms with E-state index in [0.717, 1.165) is 12.8 Å². The zero-order chi connectivity index (χ0) is 12.5. The van der Waals surface area contributed by atoms with E-state index in [4.69, 9.17) is 5.11 Å². The molecule has 0 aromatic heterocycles. The molecule has 4 nitrogen and oxygen atoms in total. The molecule has 0 saturated carbocycles. The standard InChI is InChI=1S/C12H17NO3S/c1-10-3-2-8-13(9-10)17(15,16)12-6-4-11(14)5-7-12/h4-7,10,14H,2-3,8-9H2,1H3. The monoisotopic (exact) mass is 255 g/mol. The van der Waals surface area contributed by atoms with Crippen molar-refractivity contribution in [2.45, 2.75) is 24.7 Å². The molecule has 1 aromatic rings. The molecule has 1 heterocycles. The van der Waals surface area contributed by atoms with Crippen molar-refractivity contribution >= 4 is 10.0 Å². The van der Waals surface area contributed by atoms with Crippen LogP contribution in [0.25, 0.3) is 0 Å². The highest BCUT2D eigenvalue weighted by molar-refractivity contribution is 7.89. The summed E-state index contributed by atoms with van der Waals surface area (Å²) in [6, 6.07) is 5.70. The summed E-state index contributed by atoms with van der Waals surface area (Å²) < 4.78 is 26.1. The molecule has 0 bridgehead atoms. The largest absolute Gasteiger partial charge is 0.508 e. The minimum Gasteiger partial charge on any atom is -0.508 e. The van der Waals surface area contributed by atoms with Crippen molar-refractivity contribution in [3.8, 4) is 5.75 Å². The number of piperidine rings is 1. The van der Waals surface area contributed by atoms with Crippen molar-refractivity contribution in [3.63, 3.8) is 0 Å². The molecule has 1 aliphatic rings. The van der Waals surface area contributed by atoms with E-state index in [1.807, 2.05) is 0 Å². The Morgan fingerprint density at radius 3 is 2.53 bits per heavy atom. The summed E-state index contributed by atoms with van der Waals surface area (Å²) in [5, 5.41) is 9.17. The zero-order valence-corrected chi connectivity index (χ0v) is 10.7. The van der Waals surface area contributed by atoms with Crippen molar-refractivity contribution in [3.05, 3.63) is 24.3 Å². The minimum absolute atomic E-state index is 0.0796. The Morgan fingerprint density at radius 1 is 1.29 bits per heavy atom. The molecule has 1 fully saturated rings. The fourth-order valence-corrected chi connectivity index (χ4v) is 3.73. The number of phenolic OH excluding ortho intramolecular Hbond substituents is 1. The van der Waals surface area contributed by atoms with Gasteiger partial charge in [0.15, 0.2) is 0 Å². The molecule has 5 heteroatoms. The fraction of sp³-hybridized carbons (Fsp3) is 0.500. The Morgan fingerprint density at radius 2 is 1.94 bits per heavy atom. The first-order valence-electron chi connectivity index (χ1n) is 5.79. The van der Waals surface area contributed by atoms with Gasteiger partial charge in [-0.05, 0) is 43.0 Å². The molecule has 17 heavy (non-hydrogen) atoms. The van der Waals surface area contributed by atoms with E-state index < -0.39 is 10.0 Å². The third-order valence-electron chi connectivity index (χ3n) is 3.09. The second-order valence-corrected chi connectivity index (χ2v) is 6.54. The predicted molar refractivity (Wildman–Crippen MR) is 65.3 cm³/mol. The average molecular weight is 255 g/mol. The summed E-state index contributed by atoms with van der Waals surface area (Å²) in [6.45, 7) is 3.25. The zero-order valence-electron chi connectivity index (χ0n) is 9.83. The number of sulfonamides is 1. The maximum Gasteiger partial charge on any atom is 0.243 e. The van der Waals surface area contributed by atoms with Crippen molar-refractivity contribution in [1.29, 1.82) is 0 Å². The molecule has 0 aliphatic carbocycles. The van der Waals surface area contributed by atoms with Crippen LogP contribution >= 0.6 is 0 Å². The third kappa shape index (κ3) is 2.61. The van der Waals surface area contributed by atoms with Gasteiger partial charge in [0.25, 0.3) is 0 Å². The molecule has 1 unspecified atom stereocenters. The van der Waals surface area contributed by atoms with Crippen LogP contribution in [-0.4, -0.2) is 30.9 Å². The lowest BCUT2D eigenvalue weighted by molar-refractivity contribution is 0.281. The van der Waals surface area contributed by atoms with Gasteiger partial charge in [-0.15, -0.1) is 0 Å². The van der Waals surface area contributed by atoms with Gasteiger partial charge in [0.05, 0.1) is 4.90 Å². The quantitative estimate of drug-likeness (QED) is 0.877. The fourth-order valence-electron chi connectivity index (χ4n) is 2.13. The second kappa shape index (κ2) is 4.66. The highest BCUT2D eigenvalue weighted by Gasteiger charge is 2.28. The highest BCUT2D eigenvalue weighted by Crippen LogP contribution is 2.24. The first kappa shape index (κ1) is 12.4. The topological polar surface area (TPSA) is 57.6 Å². The molecular weight excluding hydrogens is 238 g/mol. The van der Waals surface area contributed by atoms with Crippen LogP contribution in [0.15, 0.2) is 29.2 Å². The van der Waals surface area contributed by atoms with Crippen LogP contribution in [0.2, 0.25) is 0 Å². The van der Waals surface area contributed by atoms with Crippen LogP contribution in [0.4, 0.5) is 0 Å². The summed E-state index contributed by atoms with van der Waals surface area (Å²) in [5.74, 6) is 0.492. The number of phenols is 1. The minimum atomic E-state index is -3.39. The first-order chi connectivity index (χ1) is 8.00. The normalized spacial score (nSPS) is 22.5. The average Bonchev–Trinajstić information content (AvgIpc) is 2.29. The third-order valence-corrected chi connectivity index (χ3v) is 4.97. The highest BCUT2D eigenvalue weighted by atomic mass is 32.2. The molecule has 1 atom stereocenters. The SMILES string of the molecule is CC1CCCN(S(=O)(=O)c2ccc(O)cc2)C1. The van der Waals surface area contributed by atoms with E-state index in [-0.39, 0.29) is 10.6 Å². The summed E-state index contributed by atoms with van der Waals surface area (Å²) >= 11 is 0. The van der Waals surface area contributed by atoms with E-state index >= 15 is 0 Å². The Hall–Kier alpha value is -1.07. The van der Waals surface area contributed by atoms with Gasteiger partial charge in [0.1, 0.15) is 5.75 Å². The van der Waals surface area contributed by atoms with Gasteiger partial charge >= 0.3 is 0 Å². The number of hydrogen-bond donors (Lipinski definition) is 1. The van der Waals surface area contributed by atoms with Crippen LogP contribution in [0.1, 0.15) is 19.8 Å². The van der Waals surface area contributed by atoms with Crippen molar-refractivity contribution in [2.75, 3.05) is 13.1 Å². The van der Waals surface area contributed by atoms with Gasteiger partial charge < -0.3 is 5.11 Å². The molecule has 94 valence electrons. The van der Waals surface area contributed by atoms with Crippen LogP contribution in [0, 0.1) is 5.92 Å². The Balaban J connectivity index is 2.26. The Bertz CT molecular complexity index is 481. The molecule has 1 aliphatic heterocycles. The molecular formula is C12H17NO3S. The molecule has 1 saturated heterocycles. The van der Waals surface area contributed by atoms with E-state index in [2.05, 4.69) is 6.92 Å². The Labute approximate surface area is 102 Å². The number of hydrogen-bond acceptors (Lipinski definition) is 3. The van der Waals surface area contributed by atoms with Gasteiger partial charge in [0.2, 0.25) is 10.0 Å². The lowest BCUT2D eigenvalue weighted by Gasteiger charge is -2.29. The van der Waals surface area contributed by atoms with Gasteiger partial charge in [-0.2, -0.15) is 4.31 Å². The van der Waals surface area contributed by atoms with E-state index in [1.54, 1.807) is 0 Å². The van der Waals surface area contributed by atoms with Crippen molar-refractivity contribution < 1.29 is 13.5 Å². The van der Waals surface area contributed by atoms with Crippen LogP contribution in [0.3, 0.4) is 0 Å². The van der Waals surface area contributed by atoms with Gasteiger partial charge in [0, 0.05) is 13.1 Å². The van der Waals surface area contributed by atoms with Gasteiger partial charge in [-0.1, -0.05) is 6.92 Å². The lowest BCUT2D eigenvalue weighted by atomic mass is 10.0. The number of nitrogens with zero attached hydrogens (tertiary/aromatic N) is 1. The summed E-state index contributed by atoms with van der Waals surface area (Å²) in [5.41, 5.74) is 0. The van der Waals surface area contributed by atoms with E-state index in [0.29, 0.717) is 19.0 Å². The van der Waals surface area contributed by atoms with Crippen LogP contribution < -0.4 is 0 Å². The predicted octanol–water partition coefficient (Wildman–Crippen LogP) is 1.81. The molecule has 0 radical (unpaired) electrons. The van der Waals surface area contributed by atoms with Crippen LogP contribution in [-0.2, 0) is 10.0 Å². The van der Waals surface area contributed by atoms with Crippen molar-refractivity contribution in [2.24, 2.45) is 5.92 Å². The number of rotatable bonds is 2. The second-order valence-electron chi connectivity index (χ2n) is 4.60. The van der Waals surface area contributed by atoms with Gasteiger partial charge in [-0.3, -0.25) is 0 Å². The maximum absolute atomic E-state index is 12.3. The number of aromatic hydroxyl groups is 1. The summed E-state index contributed by atoms with van der Waals surface area (Å²) in [4.78, 5) is 0.254. The van der Waals surface area contributed by atoms with E-state index in [9.17, 15) is 8.42 Å². The summed E-state index contributed by atoms with van der Waals surface area (Å²) in [7, 11) is -3.39. The molecule has 1 N–H and O–H groups in total. The summed E-state index contributed by atoms with van der Waals surface area (Å²) in [6.07, 6.45) is 2.00. The molecule has 1 aromatic carbocycles. The van der Waals surface area contributed by atoms with E-state index in [1.165, 1.54) is 28.6 Å². The van der Waals surface area contributed by atoms with Gasteiger partial charge in [-0.25, -0.2) is 8.42 Å². The first-order valence-corrected chi connectivity index (χ1v) is 7.23. The lowest BCUT2D eigenvalue weighted by Crippen LogP contribution is -2.39. The molecule has 2 rings (SSSR count). The smallest absolute Gasteiger partial charge is 0.243 e. The maximum atomic E-state index is 12.3.